The van der Waals surface area contributed by atoms with Crippen LogP contribution in [0.2, 0.25) is 0 Å². The Bertz CT molecular complexity index is 1450. The highest BCUT2D eigenvalue weighted by molar-refractivity contribution is 7.93. The van der Waals surface area contributed by atoms with Crippen molar-refractivity contribution in [3.05, 3.63) is 35.8 Å². The third kappa shape index (κ3) is 3.52. The van der Waals surface area contributed by atoms with Crippen molar-refractivity contribution in [2.45, 2.75) is 75.1 Å². The minimum atomic E-state index is -3.46. The van der Waals surface area contributed by atoms with Crippen molar-refractivity contribution in [1.82, 2.24) is 19.9 Å². The zero-order chi connectivity index (χ0) is 26.9. The van der Waals surface area contributed by atoms with Gasteiger partial charge >= 0.3 is 0 Å². The standard InChI is InChI=1S/C27H33N7O3S/c1-18-15-33(25(35)26(3)7-5-11-38(26,36)37)19(2)14-32(18)23-22-24(31-17-30-23)34(16-27(22)8-4-9-27)21-12-20(13-28)6-10-29-21/h6,10,12,17-19H,4-5,7-9,11,14-16H2,1-3H3/t18-,19+,26+/m0/s1. The molecule has 2 aromatic rings. The summed E-state index contributed by atoms with van der Waals surface area (Å²) in [6, 6.07) is 5.49. The quantitative estimate of drug-likeness (QED) is 0.583. The minimum absolute atomic E-state index is 0.0481. The van der Waals surface area contributed by atoms with Crippen LogP contribution in [0.4, 0.5) is 17.5 Å². The SMILES string of the molecule is C[C@@H]1CN(c2ncnc3c2C2(CCC2)CN3c2cc(C#N)ccn2)[C@@H](C)CN1C(=O)[C@@]1(C)CCCS1(=O)=O. The number of amides is 1. The summed E-state index contributed by atoms with van der Waals surface area (Å²) in [5, 5.41) is 9.41. The largest absolute Gasteiger partial charge is 0.350 e. The van der Waals surface area contributed by atoms with Crippen molar-refractivity contribution >= 4 is 33.2 Å². The maximum Gasteiger partial charge on any atom is 0.244 e. The topological polar surface area (TPSA) is 123 Å². The van der Waals surface area contributed by atoms with Crippen LogP contribution in [-0.4, -0.2) is 76.4 Å². The highest BCUT2D eigenvalue weighted by Gasteiger charge is 2.54. The van der Waals surface area contributed by atoms with Gasteiger partial charge in [0.05, 0.1) is 17.4 Å². The molecule has 2 aromatic heterocycles. The predicted molar refractivity (Wildman–Crippen MR) is 143 cm³/mol. The number of hydrogen-bond donors (Lipinski definition) is 0. The van der Waals surface area contributed by atoms with Gasteiger partial charge in [0.25, 0.3) is 0 Å². The van der Waals surface area contributed by atoms with Gasteiger partial charge in [0, 0.05) is 48.9 Å². The molecule has 200 valence electrons. The molecule has 0 aromatic carbocycles. The van der Waals surface area contributed by atoms with Crippen molar-refractivity contribution in [2.24, 2.45) is 0 Å². The van der Waals surface area contributed by atoms with E-state index in [1.165, 1.54) is 0 Å². The molecule has 3 fully saturated rings. The van der Waals surface area contributed by atoms with Gasteiger partial charge in [0.1, 0.15) is 28.5 Å². The highest BCUT2D eigenvalue weighted by atomic mass is 32.2. The predicted octanol–water partition coefficient (Wildman–Crippen LogP) is 2.71. The molecule has 5 heterocycles. The molecule has 1 spiro atoms. The van der Waals surface area contributed by atoms with Crippen molar-refractivity contribution < 1.29 is 13.2 Å². The normalized spacial score (nSPS) is 29.2. The van der Waals surface area contributed by atoms with Crippen LogP contribution in [-0.2, 0) is 20.0 Å². The molecule has 10 nitrogen and oxygen atoms in total. The second-order valence-corrected chi connectivity index (χ2v) is 14.1. The van der Waals surface area contributed by atoms with Crippen LogP contribution in [0.1, 0.15) is 64.0 Å². The molecule has 6 rings (SSSR count). The molecule has 0 radical (unpaired) electrons. The maximum atomic E-state index is 13.6. The fourth-order valence-electron chi connectivity index (χ4n) is 6.79. The van der Waals surface area contributed by atoms with E-state index < -0.39 is 14.6 Å². The van der Waals surface area contributed by atoms with E-state index in [4.69, 9.17) is 9.97 Å². The Labute approximate surface area is 223 Å². The zero-order valence-corrected chi connectivity index (χ0v) is 22.9. The summed E-state index contributed by atoms with van der Waals surface area (Å²) in [6.45, 7) is 7.41. The first-order valence-corrected chi connectivity index (χ1v) is 15.0. The molecule has 0 unspecified atom stereocenters. The summed E-state index contributed by atoms with van der Waals surface area (Å²) in [7, 11) is -3.46. The van der Waals surface area contributed by atoms with Gasteiger partial charge in [-0.25, -0.2) is 23.4 Å². The maximum absolute atomic E-state index is 13.6. The Morgan fingerprint density at radius 3 is 2.50 bits per heavy atom. The van der Waals surface area contributed by atoms with Crippen molar-refractivity contribution in [3.63, 3.8) is 0 Å². The fraction of sp³-hybridized carbons (Fsp3) is 0.593. The summed E-state index contributed by atoms with van der Waals surface area (Å²) in [4.78, 5) is 33.8. The number of rotatable bonds is 3. The number of fused-ring (bicyclic) bond motifs is 2. The van der Waals surface area contributed by atoms with Gasteiger partial charge in [-0.05, 0) is 58.6 Å². The van der Waals surface area contributed by atoms with Crippen LogP contribution < -0.4 is 9.80 Å². The van der Waals surface area contributed by atoms with E-state index in [1.807, 2.05) is 6.92 Å². The molecule has 0 N–H and O–H groups in total. The number of piperazine rings is 1. The van der Waals surface area contributed by atoms with Crippen molar-refractivity contribution in [2.75, 3.05) is 35.2 Å². The number of nitrogens with zero attached hydrogens (tertiary/aromatic N) is 7. The average molecular weight is 536 g/mol. The Hall–Kier alpha value is -3.26. The molecule has 1 amide bonds. The van der Waals surface area contributed by atoms with Crippen LogP contribution >= 0.6 is 0 Å². The van der Waals surface area contributed by atoms with Gasteiger partial charge in [-0.3, -0.25) is 4.79 Å². The summed E-state index contributed by atoms with van der Waals surface area (Å²) < 4.78 is 24.2. The average Bonchev–Trinajstić information content (AvgIpc) is 3.39. The van der Waals surface area contributed by atoms with E-state index >= 15 is 0 Å². The van der Waals surface area contributed by atoms with Crippen molar-refractivity contribution in [3.8, 4) is 6.07 Å². The molecule has 4 aliphatic rings. The van der Waals surface area contributed by atoms with Crippen LogP contribution in [0.5, 0.6) is 0 Å². The third-order valence-corrected chi connectivity index (χ3v) is 11.8. The van der Waals surface area contributed by atoms with E-state index in [-0.39, 0.29) is 29.2 Å². The zero-order valence-electron chi connectivity index (χ0n) is 22.1. The Kier molecular flexibility index (Phi) is 5.69. The number of anilines is 3. The number of aromatic nitrogens is 3. The van der Waals surface area contributed by atoms with Gasteiger partial charge in [0.15, 0.2) is 9.84 Å². The number of sulfone groups is 1. The Morgan fingerprint density at radius 1 is 1.08 bits per heavy atom. The number of hydrogen-bond acceptors (Lipinski definition) is 9. The summed E-state index contributed by atoms with van der Waals surface area (Å²) >= 11 is 0. The second-order valence-electron chi connectivity index (χ2n) is 11.6. The molecule has 0 bridgehead atoms. The summed E-state index contributed by atoms with van der Waals surface area (Å²) in [5.74, 6) is 2.24. The monoisotopic (exact) mass is 535 g/mol. The van der Waals surface area contributed by atoms with Gasteiger partial charge in [0.2, 0.25) is 5.91 Å². The number of carbonyl (C=O) groups excluding carboxylic acids is 1. The molecule has 3 aliphatic heterocycles. The first-order valence-electron chi connectivity index (χ1n) is 13.4. The molecule has 11 heteroatoms. The van der Waals surface area contributed by atoms with Crippen LogP contribution in [0.3, 0.4) is 0 Å². The van der Waals surface area contributed by atoms with E-state index in [2.05, 4.69) is 27.8 Å². The van der Waals surface area contributed by atoms with E-state index in [0.29, 0.717) is 37.3 Å². The molecule has 2 saturated heterocycles. The lowest BCUT2D eigenvalue weighted by molar-refractivity contribution is -0.136. The van der Waals surface area contributed by atoms with Crippen LogP contribution in [0, 0.1) is 11.3 Å². The first kappa shape index (κ1) is 25.0. The molecule has 1 saturated carbocycles. The lowest BCUT2D eigenvalue weighted by Crippen LogP contribution is -2.63. The summed E-state index contributed by atoms with van der Waals surface area (Å²) in [5.41, 5.74) is 1.61. The number of pyridine rings is 1. The lowest BCUT2D eigenvalue weighted by Gasteiger charge is -2.48. The van der Waals surface area contributed by atoms with Crippen LogP contribution in [0.15, 0.2) is 24.7 Å². The second kappa shape index (κ2) is 8.63. The van der Waals surface area contributed by atoms with Gasteiger partial charge in [-0.2, -0.15) is 5.26 Å². The molecule has 1 aliphatic carbocycles. The van der Waals surface area contributed by atoms with Gasteiger partial charge < -0.3 is 14.7 Å². The van der Waals surface area contributed by atoms with E-state index in [0.717, 1.165) is 43.0 Å². The minimum Gasteiger partial charge on any atom is -0.350 e. The number of nitriles is 1. The van der Waals surface area contributed by atoms with Gasteiger partial charge in [-0.15, -0.1) is 0 Å². The van der Waals surface area contributed by atoms with E-state index in [1.54, 1.807) is 36.5 Å². The van der Waals surface area contributed by atoms with Crippen LogP contribution in [0.25, 0.3) is 0 Å². The van der Waals surface area contributed by atoms with Crippen molar-refractivity contribution in [1.29, 1.82) is 5.26 Å². The fourth-order valence-corrected chi connectivity index (χ4v) is 8.60. The van der Waals surface area contributed by atoms with Gasteiger partial charge in [-0.1, -0.05) is 6.42 Å². The Morgan fingerprint density at radius 2 is 1.84 bits per heavy atom. The lowest BCUT2D eigenvalue weighted by atomic mass is 9.66. The van der Waals surface area contributed by atoms with E-state index in [9.17, 15) is 18.5 Å². The molecule has 38 heavy (non-hydrogen) atoms. The molecular formula is C27H33N7O3S. The highest BCUT2D eigenvalue weighted by Crippen LogP contribution is 2.56. The summed E-state index contributed by atoms with van der Waals surface area (Å²) in [6.07, 6.45) is 7.37. The first-order chi connectivity index (χ1) is 18.1. The Balaban J connectivity index is 1.34. The number of carbonyl (C=O) groups is 1. The third-order valence-electron chi connectivity index (χ3n) is 9.24. The molecule has 3 atom stereocenters. The smallest absolute Gasteiger partial charge is 0.244 e. The molecular weight excluding hydrogens is 502 g/mol.